The third-order valence-corrected chi connectivity index (χ3v) is 1.29. The molecule has 0 unspecified atom stereocenters. The molecule has 0 N–H and O–H groups in total. The van der Waals surface area contributed by atoms with Crippen molar-refractivity contribution in [3.05, 3.63) is 11.6 Å². The maximum absolute atomic E-state index is 10.9. The van der Waals surface area contributed by atoms with Crippen molar-refractivity contribution in [2.45, 2.75) is 27.2 Å². The van der Waals surface area contributed by atoms with Gasteiger partial charge in [0.1, 0.15) is 0 Å². The molecule has 0 saturated heterocycles. The zero-order valence-corrected chi connectivity index (χ0v) is 6.60. The van der Waals surface area contributed by atoms with Crippen molar-refractivity contribution in [1.82, 2.24) is 0 Å². The van der Waals surface area contributed by atoms with Gasteiger partial charge in [-0.05, 0) is 13.8 Å². The second kappa shape index (κ2) is 3.99. The lowest BCUT2D eigenvalue weighted by Crippen LogP contribution is -2.07. The number of carbonyl (C=O) groups is 2. The molecular formula is C8H12O2. The standard InChI is InChI=1S/C8H12O2/c1-4-7(6(3)9)8(10)5-2/h4H,5H2,1-3H3/b7-4-. The predicted molar refractivity (Wildman–Crippen MR) is 39.7 cm³/mol. The van der Waals surface area contributed by atoms with Gasteiger partial charge < -0.3 is 0 Å². The first-order valence-corrected chi connectivity index (χ1v) is 3.33. The van der Waals surface area contributed by atoms with Gasteiger partial charge in [0.2, 0.25) is 0 Å². The fraction of sp³-hybridized carbons (Fsp3) is 0.500. The number of allylic oxidation sites excluding steroid dienone is 2. The van der Waals surface area contributed by atoms with Gasteiger partial charge in [-0.1, -0.05) is 13.0 Å². The van der Waals surface area contributed by atoms with E-state index < -0.39 is 0 Å². The van der Waals surface area contributed by atoms with Gasteiger partial charge in [0, 0.05) is 6.42 Å². The summed E-state index contributed by atoms with van der Waals surface area (Å²) in [4.78, 5) is 21.6. The summed E-state index contributed by atoms with van der Waals surface area (Å²) in [5, 5.41) is 0. The molecule has 2 nitrogen and oxygen atoms in total. The van der Waals surface area contributed by atoms with Crippen LogP contribution in [0.1, 0.15) is 27.2 Å². The summed E-state index contributed by atoms with van der Waals surface area (Å²) in [5.74, 6) is -0.218. The molecule has 2 heteroatoms. The Morgan fingerprint density at radius 1 is 1.40 bits per heavy atom. The van der Waals surface area contributed by atoms with Gasteiger partial charge in [-0.3, -0.25) is 9.59 Å². The van der Waals surface area contributed by atoms with Crippen LogP contribution in [0.3, 0.4) is 0 Å². The fourth-order valence-electron chi connectivity index (χ4n) is 0.751. The molecule has 0 saturated carbocycles. The van der Waals surface area contributed by atoms with Gasteiger partial charge in [0.05, 0.1) is 5.57 Å². The van der Waals surface area contributed by atoms with Crippen LogP contribution in [-0.4, -0.2) is 11.6 Å². The van der Waals surface area contributed by atoms with E-state index in [4.69, 9.17) is 0 Å². The molecule has 0 heterocycles. The zero-order chi connectivity index (χ0) is 8.15. The summed E-state index contributed by atoms with van der Waals surface area (Å²) in [5.41, 5.74) is 0.322. The number of hydrogen-bond donors (Lipinski definition) is 0. The molecular weight excluding hydrogens is 128 g/mol. The Hall–Kier alpha value is -0.920. The quantitative estimate of drug-likeness (QED) is 0.338. The number of carbonyl (C=O) groups excluding carboxylic acids is 2. The number of hydrogen-bond acceptors (Lipinski definition) is 2. The molecule has 0 aliphatic carbocycles. The molecule has 0 bridgehead atoms. The molecule has 0 aliphatic heterocycles. The largest absolute Gasteiger partial charge is 0.294 e. The van der Waals surface area contributed by atoms with Crippen LogP contribution in [-0.2, 0) is 9.59 Å². The van der Waals surface area contributed by atoms with E-state index in [9.17, 15) is 9.59 Å². The Labute approximate surface area is 60.9 Å². The van der Waals surface area contributed by atoms with Gasteiger partial charge in [0.15, 0.2) is 11.6 Å². The van der Waals surface area contributed by atoms with E-state index in [0.717, 1.165) is 0 Å². The van der Waals surface area contributed by atoms with Crippen molar-refractivity contribution >= 4 is 11.6 Å². The Morgan fingerprint density at radius 2 is 1.90 bits per heavy atom. The number of Topliss-reactive ketones (excluding diaryl/α,β-unsaturated/α-hetero) is 2. The van der Waals surface area contributed by atoms with Gasteiger partial charge in [-0.2, -0.15) is 0 Å². The molecule has 0 amide bonds. The van der Waals surface area contributed by atoms with Crippen LogP contribution in [0, 0.1) is 0 Å². The van der Waals surface area contributed by atoms with Gasteiger partial charge in [-0.25, -0.2) is 0 Å². The lowest BCUT2D eigenvalue weighted by molar-refractivity contribution is -0.120. The average Bonchev–Trinajstić information content (AvgIpc) is 1.88. The van der Waals surface area contributed by atoms with Crippen LogP contribution < -0.4 is 0 Å². The lowest BCUT2D eigenvalue weighted by Gasteiger charge is -1.96. The molecule has 10 heavy (non-hydrogen) atoms. The highest BCUT2D eigenvalue weighted by Gasteiger charge is 2.09. The molecule has 0 aromatic heterocycles. The molecule has 56 valence electrons. The van der Waals surface area contributed by atoms with E-state index in [1.807, 2.05) is 0 Å². The zero-order valence-electron chi connectivity index (χ0n) is 6.60. The Bertz CT molecular complexity index is 178. The monoisotopic (exact) mass is 140 g/mol. The number of ketones is 2. The Kier molecular flexibility index (Phi) is 3.62. The van der Waals surface area contributed by atoms with E-state index in [0.29, 0.717) is 12.0 Å². The van der Waals surface area contributed by atoms with Crippen LogP contribution >= 0.6 is 0 Å². The van der Waals surface area contributed by atoms with Crippen LogP contribution in [0.2, 0.25) is 0 Å². The molecule has 0 aromatic carbocycles. The van der Waals surface area contributed by atoms with E-state index in [1.165, 1.54) is 6.92 Å². The van der Waals surface area contributed by atoms with Crippen LogP contribution in [0.15, 0.2) is 11.6 Å². The summed E-state index contributed by atoms with van der Waals surface area (Å²) >= 11 is 0. The first-order valence-electron chi connectivity index (χ1n) is 3.33. The molecule has 0 radical (unpaired) electrons. The maximum atomic E-state index is 10.9. The van der Waals surface area contributed by atoms with E-state index in [1.54, 1.807) is 19.9 Å². The van der Waals surface area contributed by atoms with Crippen molar-refractivity contribution in [3.63, 3.8) is 0 Å². The predicted octanol–water partition coefficient (Wildman–Crippen LogP) is 1.50. The fourth-order valence-corrected chi connectivity index (χ4v) is 0.751. The maximum Gasteiger partial charge on any atom is 0.165 e. The third-order valence-electron chi connectivity index (χ3n) is 1.29. The Morgan fingerprint density at radius 3 is 2.00 bits per heavy atom. The highest BCUT2D eigenvalue weighted by Crippen LogP contribution is 2.00. The molecule has 0 aliphatic rings. The summed E-state index contributed by atoms with van der Waals surface area (Å²) in [6.07, 6.45) is 1.97. The lowest BCUT2D eigenvalue weighted by atomic mass is 10.1. The topological polar surface area (TPSA) is 34.1 Å². The van der Waals surface area contributed by atoms with Gasteiger partial charge in [0.25, 0.3) is 0 Å². The minimum atomic E-state index is -0.144. The van der Waals surface area contributed by atoms with Crippen LogP contribution in [0.25, 0.3) is 0 Å². The second-order valence-corrected chi connectivity index (χ2v) is 2.04. The van der Waals surface area contributed by atoms with E-state index >= 15 is 0 Å². The van der Waals surface area contributed by atoms with Gasteiger partial charge >= 0.3 is 0 Å². The van der Waals surface area contributed by atoms with Crippen molar-refractivity contribution in [1.29, 1.82) is 0 Å². The van der Waals surface area contributed by atoms with E-state index in [-0.39, 0.29) is 11.6 Å². The van der Waals surface area contributed by atoms with E-state index in [2.05, 4.69) is 0 Å². The third kappa shape index (κ3) is 2.13. The summed E-state index contributed by atoms with van der Waals surface area (Å²) in [7, 11) is 0. The summed E-state index contributed by atoms with van der Waals surface area (Å²) in [6, 6.07) is 0. The molecule has 0 aromatic rings. The summed E-state index contributed by atoms with van der Waals surface area (Å²) < 4.78 is 0. The van der Waals surface area contributed by atoms with Gasteiger partial charge in [-0.15, -0.1) is 0 Å². The smallest absolute Gasteiger partial charge is 0.165 e. The first-order chi connectivity index (χ1) is 4.63. The van der Waals surface area contributed by atoms with Crippen molar-refractivity contribution < 1.29 is 9.59 Å². The van der Waals surface area contributed by atoms with Crippen molar-refractivity contribution in [2.24, 2.45) is 0 Å². The van der Waals surface area contributed by atoms with Crippen LogP contribution in [0.5, 0.6) is 0 Å². The highest BCUT2D eigenvalue weighted by atomic mass is 16.1. The SMILES string of the molecule is C/C=C(/C(C)=O)C(=O)CC. The first kappa shape index (κ1) is 9.08. The molecule has 0 spiro atoms. The second-order valence-electron chi connectivity index (χ2n) is 2.04. The highest BCUT2D eigenvalue weighted by molar-refractivity contribution is 6.19. The normalized spacial score (nSPS) is 11.3. The molecule has 0 rings (SSSR count). The Balaban J connectivity index is 4.39. The minimum Gasteiger partial charge on any atom is -0.294 e. The minimum absolute atomic E-state index is 0.0741. The average molecular weight is 140 g/mol. The summed E-state index contributed by atoms with van der Waals surface area (Å²) in [6.45, 7) is 4.85. The number of rotatable bonds is 3. The molecule has 0 atom stereocenters. The van der Waals surface area contributed by atoms with Crippen LogP contribution in [0.4, 0.5) is 0 Å². The van der Waals surface area contributed by atoms with Crippen molar-refractivity contribution in [2.75, 3.05) is 0 Å². The molecule has 0 fully saturated rings. The van der Waals surface area contributed by atoms with Crippen molar-refractivity contribution in [3.8, 4) is 0 Å².